The average molecular weight is 445 g/mol. The minimum absolute atomic E-state index is 0.0246. The van der Waals surface area contributed by atoms with Crippen LogP contribution in [-0.4, -0.2) is 29.0 Å². The van der Waals surface area contributed by atoms with Crippen LogP contribution in [0.1, 0.15) is 64.7 Å². The topological polar surface area (TPSA) is 75.1 Å². The van der Waals surface area contributed by atoms with E-state index in [1.54, 1.807) is 0 Å². The van der Waals surface area contributed by atoms with Crippen LogP contribution in [-0.2, 0) is 9.53 Å². The van der Waals surface area contributed by atoms with E-state index in [1.807, 2.05) is 22.6 Å². The fraction of sp³-hybridized carbons (Fsp3) is 0.933. The van der Waals surface area contributed by atoms with Gasteiger partial charge in [-0.3, -0.25) is 0 Å². The third kappa shape index (κ3) is 12.5. The predicted octanol–water partition coefficient (Wildman–Crippen LogP) is 5.81. The van der Waals surface area contributed by atoms with Crippen molar-refractivity contribution in [3.05, 3.63) is 10.4 Å². The molecule has 0 heterocycles. The summed E-state index contributed by atoms with van der Waals surface area (Å²) in [6.45, 7) is 2.05. The Balaban J connectivity index is 3.61. The van der Waals surface area contributed by atoms with Crippen LogP contribution in [0.25, 0.3) is 10.4 Å². The van der Waals surface area contributed by atoms with Gasteiger partial charge in [0.25, 0.3) is 0 Å². The molecule has 8 heteroatoms. The molecule has 1 unspecified atom stereocenters. The Labute approximate surface area is 150 Å². The molecule has 0 amide bonds. The van der Waals surface area contributed by atoms with Crippen LogP contribution in [0.5, 0.6) is 0 Å². The van der Waals surface area contributed by atoms with Crippen molar-refractivity contribution < 1.29 is 18.3 Å². The number of hydrogen-bond acceptors (Lipinski definition) is 3. The number of hydrogen-bond donors (Lipinski definition) is 0. The summed E-state index contributed by atoms with van der Waals surface area (Å²) in [6, 6.07) is 0. The van der Waals surface area contributed by atoms with Crippen molar-refractivity contribution in [1.82, 2.24) is 0 Å². The van der Waals surface area contributed by atoms with Crippen molar-refractivity contribution in [2.24, 2.45) is 5.11 Å². The maximum Gasteiger partial charge on any atom is 0.377 e. The Kier molecular flexibility index (Phi) is 13.4. The van der Waals surface area contributed by atoms with Crippen LogP contribution in [0.3, 0.4) is 0 Å². The maximum atomic E-state index is 13.5. The number of azide groups is 1. The molecule has 0 bridgehead atoms. The summed E-state index contributed by atoms with van der Waals surface area (Å²) < 4.78 is 31.3. The van der Waals surface area contributed by atoms with E-state index in [4.69, 9.17) is 5.53 Å². The highest BCUT2D eigenvalue weighted by atomic mass is 127. The van der Waals surface area contributed by atoms with Gasteiger partial charge in [0.1, 0.15) is 0 Å². The van der Waals surface area contributed by atoms with E-state index in [-0.39, 0.29) is 10.5 Å². The zero-order valence-electron chi connectivity index (χ0n) is 13.6. The second-order valence-electron chi connectivity index (χ2n) is 5.44. The summed E-state index contributed by atoms with van der Waals surface area (Å²) in [6.07, 6.45) is 7.42. The molecule has 0 fully saturated rings. The van der Waals surface area contributed by atoms with Gasteiger partial charge in [0, 0.05) is 21.8 Å². The van der Waals surface area contributed by atoms with Gasteiger partial charge in [0.15, 0.2) is 0 Å². The molecule has 0 aliphatic heterocycles. The lowest BCUT2D eigenvalue weighted by Gasteiger charge is -2.18. The average Bonchev–Trinajstić information content (AvgIpc) is 2.49. The Morgan fingerprint density at radius 3 is 2.35 bits per heavy atom. The van der Waals surface area contributed by atoms with Crippen molar-refractivity contribution in [1.29, 1.82) is 0 Å². The molecule has 0 aromatic heterocycles. The largest absolute Gasteiger partial charge is 0.462 e. The number of carbonyl (C=O) groups is 1. The van der Waals surface area contributed by atoms with Crippen molar-refractivity contribution in [3.63, 3.8) is 0 Å². The van der Waals surface area contributed by atoms with Crippen LogP contribution in [0.2, 0.25) is 0 Å². The van der Waals surface area contributed by atoms with E-state index < -0.39 is 18.3 Å². The molecule has 134 valence electrons. The molecule has 0 spiro atoms. The van der Waals surface area contributed by atoms with Gasteiger partial charge in [-0.25, -0.2) is 4.79 Å². The lowest BCUT2D eigenvalue weighted by molar-refractivity contribution is -0.172. The third-order valence-corrected chi connectivity index (χ3v) is 4.45. The fourth-order valence-electron chi connectivity index (χ4n) is 2.18. The van der Waals surface area contributed by atoms with E-state index in [1.165, 1.54) is 6.92 Å². The highest BCUT2D eigenvalue weighted by Gasteiger charge is 2.41. The van der Waals surface area contributed by atoms with Crippen molar-refractivity contribution in [3.8, 4) is 0 Å². The summed E-state index contributed by atoms with van der Waals surface area (Å²) in [5, 5.41) is 3.48. The van der Waals surface area contributed by atoms with E-state index >= 15 is 0 Å². The zero-order chi connectivity index (χ0) is 17.6. The molecule has 0 radical (unpaired) electrons. The predicted molar refractivity (Wildman–Crippen MR) is 95.0 cm³/mol. The minimum atomic E-state index is -3.38. The SMILES string of the molecule is CCOC(=O)C(F)(F)CC(I)CCCCCCCCCN=[N+]=[N-]. The third-order valence-electron chi connectivity index (χ3n) is 3.39. The number of unbranched alkanes of at least 4 members (excludes halogenated alkanes) is 6. The van der Waals surface area contributed by atoms with E-state index in [9.17, 15) is 13.6 Å². The second kappa shape index (κ2) is 13.8. The van der Waals surface area contributed by atoms with Gasteiger partial charge in [-0.15, -0.1) is 0 Å². The zero-order valence-corrected chi connectivity index (χ0v) is 15.8. The lowest BCUT2D eigenvalue weighted by Crippen LogP contribution is -2.33. The van der Waals surface area contributed by atoms with Crippen LogP contribution in [0.4, 0.5) is 8.78 Å². The molecule has 1 atom stereocenters. The highest BCUT2D eigenvalue weighted by molar-refractivity contribution is 14.1. The normalized spacial score (nSPS) is 12.5. The van der Waals surface area contributed by atoms with Gasteiger partial charge in [-0.1, -0.05) is 66.2 Å². The van der Waals surface area contributed by atoms with Gasteiger partial charge < -0.3 is 4.74 Å². The molecular formula is C15H26F2IN3O2. The van der Waals surface area contributed by atoms with Crippen LogP contribution < -0.4 is 0 Å². The van der Waals surface area contributed by atoms with Gasteiger partial charge in [0.2, 0.25) is 0 Å². The fourth-order valence-corrected chi connectivity index (χ4v) is 3.17. The summed E-state index contributed by atoms with van der Waals surface area (Å²) in [5.74, 6) is -4.80. The first kappa shape index (κ1) is 22.4. The molecule has 0 rings (SSSR count). The Morgan fingerprint density at radius 1 is 1.22 bits per heavy atom. The first-order valence-corrected chi connectivity index (χ1v) is 9.38. The molecule has 0 aliphatic carbocycles. The van der Waals surface area contributed by atoms with Crippen LogP contribution in [0.15, 0.2) is 5.11 Å². The number of carbonyl (C=O) groups excluding carboxylic acids is 1. The molecule has 0 aromatic carbocycles. The molecule has 23 heavy (non-hydrogen) atoms. The van der Waals surface area contributed by atoms with Crippen LogP contribution in [0, 0.1) is 0 Å². The highest BCUT2D eigenvalue weighted by Crippen LogP contribution is 2.28. The first-order chi connectivity index (χ1) is 10.9. The minimum Gasteiger partial charge on any atom is -0.462 e. The Bertz CT molecular complexity index is 378. The van der Waals surface area contributed by atoms with Crippen molar-refractivity contribution in [2.75, 3.05) is 13.2 Å². The number of rotatable bonds is 14. The quantitative estimate of drug-likeness (QED) is 0.0644. The standard InChI is InChI=1S/C15H26F2IN3O2/c1-2-23-14(22)15(16,17)12-13(18)10-8-6-4-3-5-7-9-11-20-21-19/h13H,2-12H2,1H3. The smallest absolute Gasteiger partial charge is 0.377 e. The summed E-state index contributed by atoms with van der Waals surface area (Å²) in [5.41, 5.74) is 8.12. The van der Waals surface area contributed by atoms with Gasteiger partial charge >= 0.3 is 11.9 Å². The number of esters is 1. The Hall–Kier alpha value is -0.630. The molecular weight excluding hydrogens is 419 g/mol. The van der Waals surface area contributed by atoms with Crippen molar-refractivity contribution >= 4 is 28.6 Å². The molecule has 0 saturated heterocycles. The molecule has 5 nitrogen and oxygen atoms in total. The number of halogens is 3. The van der Waals surface area contributed by atoms with E-state index in [0.717, 1.165) is 44.9 Å². The monoisotopic (exact) mass is 445 g/mol. The van der Waals surface area contributed by atoms with Crippen molar-refractivity contribution in [2.45, 2.75) is 74.6 Å². The first-order valence-electron chi connectivity index (χ1n) is 8.14. The van der Waals surface area contributed by atoms with E-state index in [0.29, 0.717) is 13.0 Å². The number of alkyl halides is 3. The van der Waals surface area contributed by atoms with Crippen LogP contribution >= 0.6 is 22.6 Å². The summed E-state index contributed by atoms with van der Waals surface area (Å²) in [7, 11) is 0. The van der Waals surface area contributed by atoms with Gasteiger partial charge in [-0.05, 0) is 25.3 Å². The number of ether oxygens (including phenoxy) is 1. The summed E-state index contributed by atoms with van der Waals surface area (Å²) in [4.78, 5) is 13.8. The molecule has 0 N–H and O–H groups in total. The Morgan fingerprint density at radius 2 is 1.78 bits per heavy atom. The second-order valence-corrected chi connectivity index (χ2v) is 7.21. The maximum absolute atomic E-state index is 13.5. The van der Waals surface area contributed by atoms with E-state index in [2.05, 4.69) is 14.8 Å². The number of nitrogens with zero attached hydrogens (tertiary/aromatic N) is 3. The summed E-state index contributed by atoms with van der Waals surface area (Å²) >= 11 is 1.99. The molecule has 0 aliphatic rings. The molecule has 0 saturated carbocycles. The molecule has 0 aromatic rings. The van der Waals surface area contributed by atoms with Gasteiger partial charge in [0.05, 0.1) is 6.61 Å². The lowest BCUT2D eigenvalue weighted by atomic mass is 10.0. The van der Waals surface area contributed by atoms with Gasteiger partial charge in [-0.2, -0.15) is 8.78 Å².